The second-order valence-corrected chi connectivity index (χ2v) is 7.01. The Kier molecular flexibility index (Phi) is 5.54. The summed E-state index contributed by atoms with van der Waals surface area (Å²) in [5.74, 6) is -0.351. The van der Waals surface area contributed by atoms with Gasteiger partial charge in [-0.05, 0) is 42.8 Å². The first-order valence-corrected chi connectivity index (χ1v) is 9.00. The molecule has 0 spiro atoms. The molecule has 0 aliphatic heterocycles. The summed E-state index contributed by atoms with van der Waals surface area (Å²) in [5.41, 5.74) is 2.49. The Morgan fingerprint density at radius 1 is 1.19 bits per heavy atom. The topological polar surface area (TPSA) is 64.0 Å². The lowest BCUT2D eigenvalue weighted by atomic mass is 10.1. The summed E-state index contributed by atoms with van der Waals surface area (Å²) in [6, 6.07) is 15.9. The maximum Gasteiger partial charge on any atom is 0.267 e. The predicted octanol–water partition coefficient (Wildman–Crippen LogP) is 4.27. The number of rotatable bonds is 4. The Balaban J connectivity index is 1.83. The lowest BCUT2D eigenvalue weighted by Crippen LogP contribution is -2.29. The normalized spacial score (nSPS) is 10.6. The van der Waals surface area contributed by atoms with Gasteiger partial charge in [0.2, 0.25) is 5.91 Å². The summed E-state index contributed by atoms with van der Waals surface area (Å²) in [4.78, 5) is 24.4. The van der Waals surface area contributed by atoms with Crippen LogP contribution in [-0.4, -0.2) is 15.7 Å². The molecule has 3 rings (SSSR count). The smallest absolute Gasteiger partial charge is 0.267 e. The summed E-state index contributed by atoms with van der Waals surface area (Å²) in [6.45, 7) is 1.63. The molecule has 2 aromatic carbocycles. The van der Waals surface area contributed by atoms with Crippen molar-refractivity contribution in [2.45, 2.75) is 13.5 Å². The van der Waals surface area contributed by atoms with Gasteiger partial charge in [-0.1, -0.05) is 45.7 Å². The van der Waals surface area contributed by atoms with Gasteiger partial charge in [0, 0.05) is 26.8 Å². The largest absolute Gasteiger partial charge is 0.324 e. The Labute approximate surface area is 163 Å². The average Bonchev–Trinajstić information content (AvgIpc) is 2.61. The standard InChI is InChI=1S/C19H15BrClN3O2/c1-12-15(21)6-3-7-16(12)22-18(25)11-24-19(26)9-8-17(23-24)13-4-2-5-14(20)10-13/h2-10H,11H2,1H3,(H,22,25). The number of amides is 1. The number of anilines is 1. The number of hydrogen-bond acceptors (Lipinski definition) is 3. The minimum atomic E-state index is -0.351. The van der Waals surface area contributed by atoms with Crippen molar-refractivity contribution in [1.82, 2.24) is 9.78 Å². The molecular weight excluding hydrogens is 418 g/mol. The average molecular weight is 433 g/mol. The maximum atomic E-state index is 12.3. The quantitative estimate of drug-likeness (QED) is 0.669. The molecule has 7 heteroatoms. The summed E-state index contributed by atoms with van der Waals surface area (Å²) in [5, 5.41) is 7.63. The SMILES string of the molecule is Cc1c(Cl)cccc1NC(=O)Cn1nc(-c2cccc(Br)c2)ccc1=O. The van der Waals surface area contributed by atoms with E-state index in [0.29, 0.717) is 16.4 Å². The van der Waals surface area contributed by atoms with E-state index in [0.717, 1.165) is 20.3 Å². The molecule has 1 amide bonds. The molecule has 3 aromatic rings. The van der Waals surface area contributed by atoms with Gasteiger partial charge >= 0.3 is 0 Å². The number of aromatic nitrogens is 2. The van der Waals surface area contributed by atoms with Crippen LogP contribution < -0.4 is 10.9 Å². The van der Waals surface area contributed by atoms with Crippen LogP contribution in [-0.2, 0) is 11.3 Å². The molecule has 0 fully saturated rings. The van der Waals surface area contributed by atoms with Crippen LogP contribution in [0.25, 0.3) is 11.3 Å². The van der Waals surface area contributed by atoms with Gasteiger partial charge in [-0.3, -0.25) is 9.59 Å². The van der Waals surface area contributed by atoms with Crippen molar-refractivity contribution in [3.63, 3.8) is 0 Å². The molecular formula is C19H15BrClN3O2. The molecule has 0 unspecified atom stereocenters. The van der Waals surface area contributed by atoms with Crippen LogP contribution in [0, 0.1) is 6.92 Å². The van der Waals surface area contributed by atoms with Gasteiger partial charge in [0.05, 0.1) is 5.69 Å². The highest BCUT2D eigenvalue weighted by atomic mass is 79.9. The molecule has 0 atom stereocenters. The molecule has 1 heterocycles. The van der Waals surface area contributed by atoms with Gasteiger partial charge in [-0.25, -0.2) is 4.68 Å². The van der Waals surface area contributed by atoms with Crippen LogP contribution in [0.5, 0.6) is 0 Å². The summed E-state index contributed by atoms with van der Waals surface area (Å²) in [7, 11) is 0. The number of nitrogens with zero attached hydrogens (tertiary/aromatic N) is 2. The molecule has 0 bridgehead atoms. The zero-order chi connectivity index (χ0) is 18.7. The number of nitrogens with one attached hydrogen (secondary N) is 1. The predicted molar refractivity (Wildman–Crippen MR) is 106 cm³/mol. The second-order valence-electron chi connectivity index (χ2n) is 5.69. The molecule has 1 N–H and O–H groups in total. The van der Waals surface area contributed by atoms with Crippen LogP contribution in [0.1, 0.15) is 5.56 Å². The first kappa shape index (κ1) is 18.4. The lowest BCUT2D eigenvalue weighted by molar-refractivity contribution is -0.117. The minimum absolute atomic E-state index is 0.188. The van der Waals surface area contributed by atoms with Crippen molar-refractivity contribution >= 4 is 39.1 Å². The van der Waals surface area contributed by atoms with E-state index in [-0.39, 0.29) is 18.0 Å². The van der Waals surface area contributed by atoms with E-state index in [2.05, 4.69) is 26.3 Å². The maximum absolute atomic E-state index is 12.3. The van der Waals surface area contributed by atoms with E-state index in [4.69, 9.17) is 11.6 Å². The van der Waals surface area contributed by atoms with Crippen LogP contribution in [0.3, 0.4) is 0 Å². The molecule has 0 aliphatic carbocycles. The van der Waals surface area contributed by atoms with Crippen LogP contribution in [0.15, 0.2) is 63.9 Å². The molecule has 0 aliphatic rings. The molecule has 0 radical (unpaired) electrons. The van der Waals surface area contributed by atoms with Gasteiger partial charge in [0.1, 0.15) is 6.54 Å². The lowest BCUT2D eigenvalue weighted by Gasteiger charge is -2.11. The van der Waals surface area contributed by atoms with E-state index in [1.165, 1.54) is 6.07 Å². The number of hydrogen-bond donors (Lipinski definition) is 1. The van der Waals surface area contributed by atoms with E-state index in [1.54, 1.807) is 24.3 Å². The van der Waals surface area contributed by atoms with Crippen LogP contribution in [0.4, 0.5) is 5.69 Å². The highest BCUT2D eigenvalue weighted by Crippen LogP contribution is 2.23. The van der Waals surface area contributed by atoms with Gasteiger partial charge in [0.15, 0.2) is 0 Å². The van der Waals surface area contributed by atoms with E-state index in [1.807, 2.05) is 31.2 Å². The fraction of sp³-hybridized carbons (Fsp3) is 0.105. The molecule has 26 heavy (non-hydrogen) atoms. The van der Waals surface area contributed by atoms with Gasteiger partial charge < -0.3 is 5.32 Å². The molecule has 0 saturated heterocycles. The third kappa shape index (κ3) is 4.20. The van der Waals surface area contributed by atoms with Crippen molar-refractivity contribution in [2.24, 2.45) is 0 Å². The van der Waals surface area contributed by atoms with Crippen LogP contribution in [0.2, 0.25) is 5.02 Å². The first-order valence-electron chi connectivity index (χ1n) is 7.83. The van der Waals surface area contributed by atoms with Gasteiger partial charge in [-0.2, -0.15) is 5.10 Å². The Bertz CT molecular complexity index is 1030. The molecule has 5 nitrogen and oxygen atoms in total. The van der Waals surface area contributed by atoms with E-state index < -0.39 is 0 Å². The highest BCUT2D eigenvalue weighted by molar-refractivity contribution is 9.10. The van der Waals surface area contributed by atoms with E-state index >= 15 is 0 Å². The molecule has 1 aromatic heterocycles. The monoisotopic (exact) mass is 431 g/mol. The van der Waals surface area contributed by atoms with Crippen molar-refractivity contribution in [1.29, 1.82) is 0 Å². The van der Waals surface area contributed by atoms with Gasteiger partial charge in [0.25, 0.3) is 5.56 Å². The Morgan fingerprint density at radius 3 is 2.73 bits per heavy atom. The summed E-state index contributed by atoms with van der Waals surface area (Å²) >= 11 is 9.47. The third-order valence-electron chi connectivity index (χ3n) is 3.82. The highest BCUT2D eigenvalue weighted by Gasteiger charge is 2.10. The van der Waals surface area contributed by atoms with Crippen LogP contribution >= 0.6 is 27.5 Å². The van der Waals surface area contributed by atoms with Crippen molar-refractivity contribution < 1.29 is 4.79 Å². The number of carbonyl (C=O) groups excluding carboxylic acids is 1. The Hall–Kier alpha value is -2.44. The second kappa shape index (κ2) is 7.85. The summed E-state index contributed by atoms with van der Waals surface area (Å²) in [6.07, 6.45) is 0. The van der Waals surface area contributed by atoms with Crippen molar-refractivity contribution in [3.05, 3.63) is 80.0 Å². The molecule has 0 saturated carbocycles. The number of halogens is 2. The first-order chi connectivity index (χ1) is 12.4. The minimum Gasteiger partial charge on any atom is -0.324 e. The number of carbonyl (C=O) groups is 1. The third-order valence-corrected chi connectivity index (χ3v) is 4.72. The van der Waals surface area contributed by atoms with Crippen molar-refractivity contribution in [3.8, 4) is 11.3 Å². The molecule has 132 valence electrons. The zero-order valence-electron chi connectivity index (χ0n) is 13.9. The summed E-state index contributed by atoms with van der Waals surface area (Å²) < 4.78 is 2.05. The zero-order valence-corrected chi connectivity index (χ0v) is 16.2. The number of benzene rings is 2. The Morgan fingerprint density at radius 2 is 1.96 bits per heavy atom. The fourth-order valence-electron chi connectivity index (χ4n) is 2.43. The van der Waals surface area contributed by atoms with Gasteiger partial charge in [-0.15, -0.1) is 0 Å². The fourth-order valence-corrected chi connectivity index (χ4v) is 3.01. The van der Waals surface area contributed by atoms with E-state index in [9.17, 15) is 9.59 Å². The van der Waals surface area contributed by atoms with Crippen molar-refractivity contribution in [2.75, 3.05) is 5.32 Å².